The van der Waals surface area contributed by atoms with E-state index in [0.29, 0.717) is 36.5 Å². The summed E-state index contributed by atoms with van der Waals surface area (Å²) in [5.74, 6) is 0.210. The van der Waals surface area contributed by atoms with Crippen LogP contribution in [0.4, 0.5) is 5.69 Å². The number of ether oxygens (including phenoxy) is 1. The van der Waals surface area contributed by atoms with Crippen LogP contribution in [0.15, 0.2) is 53.4 Å². The average Bonchev–Trinajstić information content (AvgIpc) is 3.29. The molecule has 3 rings (SSSR count). The van der Waals surface area contributed by atoms with E-state index < -0.39 is 16.1 Å². The van der Waals surface area contributed by atoms with Gasteiger partial charge in [0.15, 0.2) is 0 Å². The minimum atomic E-state index is -3.77. The van der Waals surface area contributed by atoms with Crippen molar-refractivity contribution in [3.8, 4) is 5.75 Å². The molecule has 1 aliphatic heterocycles. The highest BCUT2D eigenvalue weighted by molar-refractivity contribution is 7.92. The summed E-state index contributed by atoms with van der Waals surface area (Å²) in [5.41, 5.74) is 0.748. The molecular weight excluding hydrogens is 430 g/mol. The Kier molecular flexibility index (Phi) is 7.74. The predicted octanol–water partition coefficient (Wildman–Crippen LogP) is 3.02. The van der Waals surface area contributed by atoms with Gasteiger partial charge >= 0.3 is 0 Å². The molecule has 32 heavy (non-hydrogen) atoms. The van der Waals surface area contributed by atoms with Gasteiger partial charge in [0.1, 0.15) is 11.8 Å². The Bertz CT molecular complexity index is 1040. The van der Waals surface area contributed by atoms with E-state index in [1.54, 1.807) is 41.3 Å². The molecule has 0 unspecified atom stereocenters. The first kappa shape index (κ1) is 23.6. The maximum atomic E-state index is 13.0. The summed E-state index contributed by atoms with van der Waals surface area (Å²) in [7, 11) is -2.26. The number of anilines is 1. The highest BCUT2D eigenvalue weighted by Crippen LogP contribution is 2.23. The van der Waals surface area contributed by atoms with Crippen molar-refractivity contribution in [1.29, 1.82) is 0 Å². The first-order valence-corrected chi connectivity index (χ1v) is 12.2. The lowest BCUT2D eigenvalue weighted by atomic mass is 10.1. The molecule has 2 aromatic carbocycles. The molecule has 0 saturated carbocycles. The van der Waals surface area contributed by atoms with Crippen molar-refractivity contribution in [3.63, 3.8) is 0 Å². The van der Waals surface area contributed by atoms with E-state index in [2.05, 4.69) is 17.0 Å². The molecule has 2 N–H and O–H groups in total. The number of hydrogen-bond acceptors (Lipinski definition) is 5. The lowest BCUT2D eigenvalue weighted by Gasteiger charge is -2.24. The molecule has 1 heterocycles. The van der Waals surface area contributed by atoms with Crippen molar-refractivity contribution in [2.24, 2.45) is 0 Å². The minimum absolute atomic E-state index is 0.104. The number of methoxy groups -OCH3 is 1. The molecule has 0 spiro atoms. The Hall–Kier alpha value is -3.07. The van der Waals surface area contributed by atoms with Gasteiger partial charge in [0.05, 0.1) is 12.0 Å². The van der Waals surface area contributed by atoms with Crippen LogP contribution in [0.2, 0.25) is 0 Å². The van der Waals surface area contributed by atoms with Crippen molar-refractivity contribution in [2.75, 3.05) is 24.9 Å². The van der Waals surface area contributed by atoms with Crippen LogP contribution in [0.1, 0.15) is 43.0 Å². The molecule has 172 valence electrons. The number of unbranched alkanes of at least 4 members (excludes halogenated alkanes) is 1. The van der Waals surface area contributed by atoms with E-state index in [4.69, 9.17) is 4.74 Å². The zero-order valence-electron chi connectivity index (χ0n) is 18.3. The van der Waals surface area contributed by atoms with Gasteiger partial charge in [-0.25, -0.2) is 8.42 Å². The Morgan fingerprint density at radius 2 is 1.78 bits per heavy atom. The third-order valence-electron chi connectivity index (χ3n) is 5.40. The maximum Gasteiger partial charge on any atom is 0.261 e. The quantitative estimate of drug-likeness (QED) is 0.561. The van der Waals surface area contributed by atoms with Crippen molar-refractivity contribution in [1.82, 2.24) is 10.2 Å². The van der Waals surface area contributed by atoms with Gasteiger partial charge in [0, 0.05) is 24.3 Å². The fraction of sp³-hybridized carbons (Fsp3) is 0.391. The highest BCUT2D eigenvalue weighted by atomic mass is 32.2. The van der Waals surface area contributed by atoms with Gasteiger partial charge < -0.3 is 15.0 Å². The molecule has 0 radical (unpaired) electrons. The molecule has 2 aromatic rings. The summed E-state index contributed by atoms with van der Waals surface area (Å²) in [6, 6.07) is 11.8. The highest BCUT2D eigenvalue weighted by Gasteiger charge is 2.34. The second kappa shape index (κ2) is 10.5. The summed E-state index contributed by atoms with van der Waals surface area (Å²) in [6.45, 7) is 3.19. The van der Waals surface area contributed by atoms with Gasteiger partial charge in [-0.05, 0) is 67.8 Å². The molecule has 9 heteroatoms. The standard InChI is InChI=1S/C23H29N3O5S/c1-3-4-15-24-22(27)21-6-5-16-26(21)23(28)17-7-9-18(10-8-17)25-32(29,30)20-13-11-19(31-2)12-14-20/h7-14,21,25H,3-6,15-16H2,1-2H3,(H,24,27)/t21-/m1/s1. The molecule has 2 amide bonds. The first-order valence-electron chi connectivity index (χ1n) is 10.7. The topological polar surface area (TPSA) is 105 Å². The molecule has 8 nitrogen and oxygen atoms in total. The van der Waals surface area contributed by atoms with E-state index in [1.165, 1.54) is 19.2 Å². The normalized spacial score (nSPS) is 15.9. The Morgan fingerprint density at radius 3 is 2.41 bits per heavy atom. The number of amides is 2. The van der Waals surface area contributed by atoms with Gasteiger partial charge in [-0.1, -0.05) is 13.3 Å². The number of carbonyl (C=O) groups is 2. The van der Waals surface area contributed by atoms with Crippen LogP contribution in [0.3, 0.4) is 0 Å². The largest absolute Gasteiger partial charge is 0.497 e. The van der Waals surface area contributed by atoms with E-state index in [-0.39, 0.29) is 16.7 Å². The maximum absolute atomic E-state index is 13.0. The molecule has 1 fully saturated rings. The third kappa shape index (κ3) is 5.59. The van der Waals surface area contributed by atoms with E-state index >= 15 is 0 Å². The van der Waals surface area contributed by atoms with Crippen molar-refractivity contribution >= 4 is 27.5 Å². The van der Waals surface area contributed by atoms with Crippen LogP contribution in [-0.4, -0.2) is 51.4 Å². The lowest BCUT2D eigenvalue weighted by Crippen LogP contribution is -2.46. The van der Waals surface area contributed by atoms with Gasteiger partial charge in [-0.15, -0.1) is 0 Å². The van der Waals surface area contributed by atoms with E-state index in [9.17, 15) is 18.0 Å². The van der Waals surface area contributed by atoms with Crippen LogP contribution < -0.4 is 14.8 Å². The molecule has 1 saturated heterocycles. The average molecular weight is 460 g/mol. The second-order valence-electron chi connectivity index (χ2n) is 7.66. The summed E-state index contributed by atoms with van der Waals surface area (Å²) in [5, 5.41) is 2.90. The minimum Gasteiger partial charge on any atom is -0.497 e. The summed E-state index contributed by atoms with van der Waals surface area (Å²) < 4.78 is 32.7. The molecule has 0 bridgehead atoms. The van der Waals surface area contributed by atoms with Crippen LogP contribution in [-0.2, 0) is 14.8 Å². The fourth-order valence-corrected chi connectivity index (χ4v) is 4.66. The van der Waals surface area contributed by atoms with E-state index in [0.717, 1.165) is 19.3 Å². The predicted molar refractivity (Wildman–Crippen MR) is 122 cm³/mol. The number of likely N-dealkylation sites (tertiary alicyclic amines) is 1. The van der Waals surface area contributed by atoms with E-state index in [1.807, 2.05) is 0 Å². The second-order valence-corrected chi connectivity index (χ2v) is 9.34. The van der Waals surface area contributed by atoms with Crippen LogP contribution in [0.5, 0.6) is 5.75 Å². The number of sulfonamides is 1. The lowest BCUT2D eigenvalue weighted by molar-refractivity contribution is -0.124. The van der Waals surface area contributed by atoms with Crippen LogP contribution in [0, 0.1) is 0 Å². The summed E-state index contributed by atoms with van der Waals surface area (Å²) in [6.07, 6.45) is 3.31. The number of benzene rings is 2. The van der Waals surface area contributed by atoms with Crippen molar-refractivity contribution in [3.05, 3.63) is 54.1 Å². The summed E-state index contributed by atoms with van der Waals surface area (Å²) in [4.78, 5) is 27.1. The monoisotopic (exact) mass is 459 g/mol. The number of carbonyl (C=O) groups excluding carboxylic acids is 2. The number of rotatable bonds is 9. The van der Waals surface area contributed by atoms with Crippen molar-refractivity contribution < 1.29 is 22.7 Å². The van der Waals surface area contributed by atoms with Gasteiger partial charge in [0.25, 0.3) is 15.9 Å². The SMILES string of the molecule is CCCCNC(=O)[C@H]1CCCN1C(=O)c1ccc(NS(=O)(=O)c2ccc(OC)cc2)cc1. The Morgan fingerprint density at radius 1 is 1.09 bits per heavy atom. The van der Waals surface area contributed by atoms with Crippen molar-refractivity contribution in [2.45, 2.75) is 43.5 Å². The zero-order chi connectivity index (χ0) is 23.1. The number of nitrogens with zero attached hydrogens (tertiary/aromatic N) is 1. The Labute approximate surface area is 189 Å². The molecule has 1 atom stereocenters. The molecule has 1 aliphatic rings. The van der Waals surface area contributed by atoms with Crippen LogP contribution >= 0.6 is 0 Å². The number of nitrogens with one attached hydrogen (secondary N) is 2. The van der Waals surface area contributed by atoms with Gasteiger partial charge in [-0.3, -0.25) is 14.3 Å². The third-order valence-corrected chi connectivity index (χ3v) is 6.80. The summed E-state index contributed by atoms with van der Waals surface area (Å²) >= 11 is 0. The zero-order valence-corrected chi connectivity index (χ0v) is 19.2. The smallest absolute Gasteiger partial charge is 0.261 e. The first-order chi connectivity index (χ1) is 15.4. The molecule has 0 aliphatic carbocycles. The fourth-order valence-electron chi connectivity index (χ4n) is 3.60. The Balaban J connectivity index is 1.66. The van der Waals surface area contributed by atoms with Gasteiger partial charge in [0.2, 0.25) is 5.91 Å². The number of hydrogen-bond donors (Lipinski definition) is 2. The molecule has 0 aromatic heterocycles. The molecular formula is C23H29N3O5S. The van der Waals surface area contributed by atoms with Crippen LogP contribution in [0.25, 0.3) is 0 Å². The van der Waals surface area contributed by atoms with Gasteiger partial charge in [-0.2, -0.15) is 0 Å².